The van der Waals surface area contributed by atoms with Crippen molar-refractivity contribution in [2.45, 2.75) is 11.6 Å². The summed E-state index contributed by atoms with van der Waals surface area (Å²) in [6, 6.07) is 7.88. The maximum Gasteiger partial charge on any atom is 0.253 e. The standard InChI is InChI=1S/C21H17BrFN7O3S/c22-13-9-12(1-2-14(13)23)28-20(24)17-21(30-33-29-17)34-8-7-26-15-16(19(32)18(15)31)27-10-11-3-5-25-6-4-11/h1-6,9,26-27H,7-8,10H2,(H2,24,28). The van der Waals surface area contributed by atoms with E-state index in [0.29, 0.717) is 29.6 Å². The van der Waals surface area contributed by atoms with Crippen LogP contribution in [0.2, 0.25) is 0 Å². The van der Waals surface area contributed by atoms with Crippen LogP contribution in [0.5, 0.6) is 0 Å². The molecule has 0 spiro atoms. The maximum absolute atomic E-state index is 13.4. The fourth-order valence-electron chi connectivity index (χ4n) is 2.95. The molecule has 0 aliphatic rings. The zero-order valence-electron chi connectivity index (χ0n) is 17.4. The highest BCUT2D eigenvalue weighted by Gasteiger charge is 2.21. The molecule has 0 atom stereocenters. The van der Waals surface area contributed by atoms with Crippen molar-refractivity contribution in [2.24, 2.45) is 0 Å². The summed E-state index contributed by atoms with van der Waals surface area (Å²) in [4.78, 5) is 27.8. The van der Waals surface area contributed by atoms with Gasteiger partial charge in [0.05, 0.1) is 4.47 Å². The monoisotopic (exact) mass is 545 g/mol. The zero-order valence-corrected chi connectivity index (χ0v) is 19.8. The summed E-state index contributed by atoms with van der Waals surface area (Å²) in [5, 5.41) is 24.9. The molecule has 4 aromatic rings. The molecule has 34 heavy (non-hydrogen) atoms. The van der Waals surface area contributed by atoms with E-state index in [1.807, 2.05) is 12.1 Å². The number of hydrogen-bond acceptors (Lipinski definition) is 10. The molecular weight excluding hydrogens is 529 g/mol. The SMILES string of the molecule is N=C(Nc1ccc(F)c(Br)c1)c1nonc1SCCNc1c(NCc2ccncc2)c(=O)c1=O. The van der Waals surface area contributed by atoms with Gasteiger partial charge in [0.15, 0.2) is 16.6 Å². The minimum absolute atomic E-state index is 0.0692. The van der Waals surface area contributed by atoms with Crippen LogP contribution in [0.3, 0.4) is 0 Å². The molecule has 2 aromatic carbocycles. The van der Waals surface area contributed by atoms with E-state index in [2.05, 4.69) is 47.2 Å². The maximum atomic E-state index is 13.4. The average Bonchev–Trinajstić information content (AvgIpc) is 3.31. The van der Waals surface area contributed by atoms with Crippen molar-refractivity contribution in [1.29, 1.82) is 5.41 Å². The first kappa shape index (κ1) is 23.6. The minimum atomic E-state index is -0.567. The van der Waals surface area contributed by atoms with Gasteiger partial charge in [-0.3, -0.25) is 20.0 Å². The molecule has 174 valence electrons. The molecule has 0 unspecified atom stereocenters. The second kappa shape index (κ2) is 10.6. The number of rotatable bonds is 10. The molecule has 2 aromatic heterocycles. The van der Waals surface area contributed by atoms with E-state index in [0.717, 1.165) is 5.56 Å². The Morgan fingerprint density at radius 3 is 2.56 bits per heavy atom. The Balaban J connectivity index is 1.30. The zero-order chi connectivity index (χ0) is 24.1. The summed E-state index contributed by atoms with van der Waals surface area (Å²) in [6.45, 7) is 0.752. The highest BCUT2D eigenvalue weighted by molar-refractivity contribution is 9.10. The Kier molecular flexibility index (Phi) is 7.33. The van der Waals surface area contributed by atoms with Crippen LogP contribution in [-0.2, 0) is 6.54 Å². The van der Waals surface area contributed by atoms with E-state index in [1.54, 1.807) is 12.4 Å². The van der Waals surface area contributed by atoms with Gasteiger partial charge < -0.3 is 16.0 Å². The molecule has 2 heterocycles. The summed E-state index contributed by atoms with van der Waals surface area (Å²) in [6.07, 6.45) is 3.30. The fraction of sp³-hybridized carbons (Fsp3) is 0.143. The molecule has 4 rings (SSSR count). The molecule has 0 bridgehead atoms. The summed E-state index contributed by atoms with van der Waals surface area (Å²) >= 11 is 4.36. The largest absolute Gasteiger partial charge is 0.379 e. The highest BCUT2D eigenvalue weighted by Crippen LogP contribution is 2.23. The first-order valence-corrected chi connectivity index (χ1v) is 11.7. The summed E-state index contributed by atoms with van der Waals surface area (Å²) < 4.78 is 18.4. The third-order valence-electron chi connectivity index (χ3n) is 4.66. The number of halogens is 2. The molecule has 13 heteroatoms. The lowest BCUT2D eigenvalue weighted by Gasteiger charge is -2.14. The predicted molar refractivity (Wildman–Crippen MR) is 131 cm³/mol. The number of benzene rings is 1. The van der Waals surface area contributed by atoms with Crippen molar-refractivity contribution in [3.63, 3.8) is 0 Å². The van der Waals surface area contributed by atoms with E-state index >= 15 is 0 Å². The van der Waals surface area contributed by atoms with E-state index in [-0.39, 0.29) is 27.4 Å². The molecule has 0 aliphatic heterocycles. The molecule has 4 N–H and O–H groups in total. The molecular formula is C21H17BrFN7O3S. The summed E-state index contributed by atoms with van der Waals surface area (Å²) in [5.74, 6) is -0.0270. The average molecular weight is 546 g/mol. The van der Waals surface area contributed by atoms with Gasteiger partial charge in [-0.2, -0.15) is 0 Å². The lowest BCUT2D eigenvalue weighted by atomic mass is 10.1. The number of pyridine rings is 1. The van der Waals surface area contributed by atoms with Crippen molar-refractivity contribution >= 4 is 50.6 Å². The Hall–Kier alpha value is -3.58. The van der Waals surface area contributed by atoms with Crippen LogP contribution in [0.1, 0.15) is 11.3 Å². The molecule has 0 radical (unpaired) electrons. The third-order valence-corrected chi connectivity index (χ3v) is 6.21. The molecule has 0 aliphatic carbocycles. The van der Waals surface area contributed by atoms with Gasteiger partial charge >= 0.3 is 0 Å². The Morgan fingerprint density at radius 1 is 1.09 bits per heavy atom. The lowest BCUT2D eigenvalue weighted by Crippen LogP contribution is -2.37. The highest BCUT2D eigenvalue weighted by atomic mass is 79.9. The molecule has 0 fully saturated rings. The number of amidine groups is 1. The van der Waals surface area contributed by atoms with Crippen molar-refractivity contribution in [1.82, 2.24) is 15.3 Å². The van der Waals surface area contributed by atoms with E-state index in [1.165, 1.54) is 30.0 Å². The number of anilines is 3. The number of aromatic nitrogens is 3. The van der Waals surface area contributed by atoms with Gasteiger partial charge in [-0.25, -0.2) is 9.02 Å². The van der Waals surface area contributed by atoms with Crippen LogP contribution >= 0.6 is 27.7 Å². The summed E-state index contributed by atoms with van der Waals surface area (Å²) in [5.41, 5.74) is 0.993. The minimum Gasteiger partial charge on any atom is -0.379 e. The Labute approximate surface area is 204 Å². The van der Waals surface area contributed by atoms with Gasteiger partial charge in [-0.15, -0.1) is 0 Å². The van der Waals surface area contributed by atoms with Crippen molar-refractivity contribution < 1.29 is 9.02 Å². The van der Waals surface area contributed by atoms with Crippen LogP contribution in [-0.4, -0.2) is 33.4 Å². The van der Waals surface area contributed by atoms with Crippen LogP contribution in [0.15, 0.2) is 66.4 Å². The normalized spacial score (nSPS) is 10.9. The van der Waals surface area contributed by atoms with Crippen LogP contribution in [0, 0.1) is 11.2 Å². The second-order valence-electron chi connectivity index (χ2n) is 6.94. The second-order valence-corrected chi connectivity index (χ2v) is 8.88. The van der Waals surface area contributed by atoms with Crippen molar-refractivity contribution in [2.75, 3.05) is 28.2 Å². The fourth-order valence-corrected chi connectivity index (χ4v) is 4.09. The first-order chi connectivity index (χ1) is 16.4. The van der Waals surface area contributed by atoms with E-state index < -0.39 is 16.7 Å². The van der Waals surface area contributed by atoms with Gasteiger partial charge in [0, 0.05) is 36.9 Å². The van der Waals surface area contributed by atoms with E-state index in [4.69, 9.17) is 10.0 Å². The third kappa shape index (κ3) is 5.31. The van der Waals surface area contributed by atoms with Crippen molar-refractivity contribution in [3.05, 3.63) is 84.7 Å². The molecule has 0 saturated carbocycles. The Morgan fingerprint density at radius 2 is 1.82 bits per heavy atom. The van der Waals surface area contributed by atoms with Gasteiger partial charge in [0.1, 0.15) is 17.2 Å². The molecule has 10 nitrogen and oxygen atoms in total. The predicted octanol–water partition coefficient (Wildman–Crippen LogP) is 3.22. The van der Waals surface area contributed by atoms with Crippen LogP contribution in [0.4, 0.5) is 21.5 Å². The lowest BCUT2D eigenvalue weighted by molar-refractivity contribution is 0.298. The summed E-state index contributed by atoms with van der Waals surface area (Å²) in [7, 11) is 0. The Bertz CT molecular complexity index is 1390. The van der Waals surface area contributed by atoms with Crippen LogP contribution in [0.25, 0.3) is 0 Å². The van der Waals surface area contributed by atoms with Gasteiger partial charge in [-0.1, -0.05) is 11.8 Å². The van der Waals surface area contributed by atoms with Gasteiger partial charge in [0.25, 0.3) is 10.9 Å². The van der Waals surface area contributed by atoms with Crippen molar-refractivity contribution in [3.8, 4) is 0 Å². The number of nitrogens with zero attached hydrogens (tertiary/aromatic N) is 3. The first-order valence-electron chi connectivity index (χ1n) is 9.90. The number of nitrogens with one attached hydrogen (secondary N) is 4. The number of thioether (sulfide) groups is 1. The van der Waals surface area contributed by atoms with Gasteiger partial charge in [-0.05, 0) is 62.1 Å². The molecule has 0 saturated heterocycles. The molecule has 0 amide bonds. The smallest absolute Gasteiger partial charge is 0.253 e. The number of hydrogen-bond donors (Lipinski definition) is 4. The van der Waals surface area contributed by atoms with Gasteiger partial charge in [0.2, 0.25) is 0 Å². The van der Waals surface area contributed by atoms with E-state index in [9.17, 15) is 14.0 Å². The topological polar surface area (TPSA) is 146 Å². The van der Waals surface area contributed by atoms with Crippen LogP contribution < -0.4 is 26.8 Å². The quantitative estimate of drug-likeness (QED) is 0.0769.